The van der Waals surface area contributed by atoms with E-state index in [2.05, 4.69) is 38.0 Å². The van der Waals surface area contributed by atoms with E-state index in [1.54, 1.807) is 0 Å². The third-order valence-electron chi connectivity index (χ3n) is 4.01. The normalized spacial score (nSPS) is 27.6. The quantitative estimate of drug-likeness (QED) is 0.718. The summed E-state index contributed by atoms with van der Waals surface area (Å²) in [6.45, 7) is 9.35. The van der Waals surface area contributed by atoms with Crippen LogP contribution in [0.15, 0.2) is 0 Å². The molecule has 3 unspecified atom stereocenters. The van der Waals surface area contributed by atoms with Crippen molar-refractivity contribution in [1.29, 1.82) is 0 Å². The summed E-state index contributed by atoms with van der Waals surface area (Å²) in [7, 11) is 2.30. The summed E-state index contributed by atoms with van der Waals surface area (Å²) >= 11 is 0. The molecule has 1 saturated carbocycles. The van der Waals surface area contributed by atoms with E-state index < -0.39 is 0 Å². The van der Waals surface area contributed by atoms with Crippen molar-refractivity contribution in [3.05, 3.63) is 0 Å². The zero-order valence-electron chi connectivity index (χ0n) is 11.6. The van der Waals surface area contributed by atoms with Crippen LogP contribution in [0, 0.1) is 5.92 Å². The van der Waals surface area contributed by atoms with Crippen molar-refractivity contribution in [2.45, 2.75) is 65.0 Å². The molecular weight excluding hydrogens is 196 g/mol. The first-order chi connectivity index (χ1) is 7.67. The van der Waals surface area contributed by atoms with Crippen LogP contribution in [-0.2, 0) is 0 Å². The van der Waals surface area contributed by atoms with E-state index in [-0.39, 0.29) is 0 Å². The zero-order chi connectivity index (χ0) is 12.0. The topological polar surface area (TPSA) is 15.3 Å². The van der Waals surface area contributed by atoms with E-state index in [9.17, 15) is 0 Å². The van der Waals surface area contributed by atoms with Crippen molar-refractivity contribution in [2.75, 3.05) is 20.1 Å². The monoisotopic (exact) mass is 226 g/mol. The lowest BCUT2D eigenvalue weighted by atomic mass is 10.1. The minimum Gasteiger partial charge on any atom is -0.314 e. The first-order valence-electron chi connectivity index (χ1n) is 7.10. The Morgan fingerprint density at radius 2 is 2.06 bits per heavy atom. The SMILES string of the molecule is CCCNC1CCC(N(C)CC(C)CC)C1. The van der Waals surface area contributed by atoms with Gasteiger partial charge in [-0.2, -0.15) is 0 Å². The Labute approximate surface area is 102 Å². The van der Waals surface area contributed by atoms with Gasteiger partial charge >= 0.3 is 0 Å². The number of hydrogen-bond donors (Lipinski definition) is 1. The molecule has 1 rings (SSSR count). The molecule has 0 spiro atoms. The molecule has 0 saturated heterocycles. The van der Waals surface area contributed by atoms with Crippen LogP contribution in [0.3, 0.4) is 0 Å². The Bertz CT molecular complexity index is 182. The van der Waals surface area contributed by atoms with Crippen molar-refractivity contribution in [1.82, 2.24) is 10.2 Å². The van der Waals surface area contributed by atoms with Gasteiger partial charge in [0.2, 0.25) is 0 Å². The Kier molecular flexibility index (Phi) is 6.37. The van der Waals surface area contributed by atoms with Gasteiger partial charge in [-0.1, -0.05) is 27.2 Å². The number of hydrogen-bond acceptors (Lipinski definition) is 2. The molecule has 0 aromatic heterocycles. The number of nitrogens with zero attached hydrogens (tertiary/aromatic N) is 1. The zero-order valence-corrected chi connectivity index (χ0v) is 11.6. The fourth-order valence-electron chi connectivity index (χ4n) is 2.66. The molecule has 0 amide bonds. The highest BCUT2D eigenvalue weighted by atomic mass is 15.1. The standard InChI is InChI=1S/C14H30N2/c1-5-9-15-13-7-8-14(10-13)16(4)11-12(3)6-2/h12-15H,5-11H2,1-4H3. The predicted molar refractivity (Wildman–Crippen MR) is 71.8 cm³/mol. The van der Waals surface area contributed by atoms with Crippen molar-refractivity contribution in [3.8, 4) is 0 Å². The summed E-state index contributed by atoms with van der Waals surface area (Å²) in [5.41, 5.74) is 0. The Balaban J connectivity index is 2.23. The van der Waals surface area contributed by atoms with E-state index in [0.29, 0.717) is 0 Å². The average Bonchev–Trinajstić information content (AvgIpc) is 2.74. The van der Waals surface area contributed by atoms with Gasteiger partial charge in [-0.05, 0) is 45.2 Å². The van der Waals surface area contributed by atoms with Gasteiger partial charge in [-0.25, -0.2) is 0 Å². The smallest absolute Gasteiger partial charge is 0.0108 e. The summed E-state index contributed by atoms with van der Waals surface area (Å²) in [5, 5.41) is 3.66. The van der Waals surface area contributed by atoms with Gasteiger partial charge in [0.15, 0.2) is 0 Å². The van der Waals surface area contributed by atoms with Crippen LogP contribution in [0.25, 0.3) is 0 Å². The van der Waals surface area contributed by atoms with Crippen molar-refractivity contribution in [3.63, 3.8) is 0 Å². The fraction of sp³-hybridized carbons (Fsp3) is 1.00. The van der Waals surface area contributed by atoms with Gasteiger partial charge in [-0.15, -0.1) is 0 Å². The lowest BCUT2D eigenvalue weighted by molar-refractivity contribution is 0.209. The second-order valence-electron chi connectivity index (χ2n) is 5.57. The molecule has 0 heterocycles. The maximum atomic E-state index is 3.66. The van der Waals surface area contributed by atoms with E-state index in [1.165, 1.54) is 45.2 Å². The van der Waals surface area contributed by atoms with Gasteiger partial charge in [0.05, 0.1) is 0 Å². The maximum absolute atomic E-state index is 3.66. The minimum atomic E-state index is 0.782. The number of nitrogens with one attached hydrogen (secondary N) is 1. The summed E-state index contributed by atoms with van der Waals surface area (Å²) in [5.74, 6) is 0.840. The predicted octanol–water partition coefficient (Wildman–Crippen LogP) is 2.89. The molecule has 16 heavy (non-hydrogen) atoms. The van der Waals surface area contributed by atoms with Gasteiger partial charge in [-0.3, -0.25) is 0 Å². The minimum absolute atomic E-state index is 0.782. The molecule has 2 heteroatoms. The summed E-state index contributed by atoms with van der Waals surface area (Å²) in [4.78, 5) is 2.59. The fourth-order valence-corrected chi connectivity index (χ4v) is 2.66. The highest BCUT2D eigenvalue weighted by Crippen LogP contribution is 2.24. The molecule has 0 aliphatic heterocycles. The number of rotatable bonds is 7. The molecule has 1 N–H and O–H groups in total. The molecule has 0 radical (unpaired) electrons. The van der Waals surface area contributed by atoms with E-state index in [0.717, 1.165) is 18.0 Å². The van der Waals surface area contributed by atoms with Gasteiger partial charge in [0.1, 0.15) is 0 Å². The Morgan fingerprint density at radius 1 is 1.31 bits per heavy atom. The molecular formula is C14H30N2. The lowest BCUT2D eigenvalue weighted by Gasteiger charge is -2.27. The van der Waals surface area contributed by atoms with Crippen molar-refractivity contribution < 1.29 is 0 Å². The third-order valence-corrected chi connectivity index (χ3v) is 4.01. The summed E-state index contributed by atoms with van der Waals surface area (Å²) < 4.78 is 0. The molecule has 3 atom stereocenters. The van der Waals surface area contributed by atoms with Crippen LogP contribution in [0.1, 0.15) is 52.9 Å². The molecule has 96 valence electrons. The van der Waals surface area contributed by atoms with Gasteiger partial charge in [0.25, 0.3) is 0 Å². The van der Waals surface area contributed by atoms with Crippen LogP contribution in [0.4, 0.5) is 0 Å². The van der Waals surface area contributed by atoms with E-state index in [1.807, 2.05) is 0 Å². The van der Waals surface area contributed by atoms with Crippen molar-refractivity contribution >= 4 is 0 Å². The summed E-state index contributed by atoms with van der Waals surface area (Å²) in [6.07, 6.45) is 6.66. The maximum Gasteiger partial charge on any atom is 0.0108 e. The lowest BCUT2D eigenvalue weighted by Crippen LogP contribution is -2.35. The van der Waals surface area contributed by atoms with Crippen LogP contribution in [0.2, 0.25) is 0 Å². The molecule has 1 aliphatic rings. The first-order valence-corrected chi connectivity index (χ1v) is 7.10. The average molecular weight is 226 g/mol. The molecule has 0 aromatic rings. The van der Waals surface area contributed by atoms with Crippen LogP contribution in [-0.4, -0.2) is 37.1 Å². The molecule has 1 fully saturated rings. The first kappa shape index (κ1) is 14.0. The Hall–Kier alpha value is -0.0800. The molecule has 2 nitrogen and oxygen atoms in total. The molecule has 0 aromatic carbocycles. The second kappa shape index (κ2) is 7.29. The highest BCUT2D eigenvalue weighted by Gasteiger charge is 2.27. The van der Waals surface area contributed by atoms with Crippen LogP contribution >= 0.6 is 0 Å². The van der Waals surface area contributed by atoms with Crippen LogP contribution < -0.4 is 5.32 Å². The Morgan fingerprint density at radius 3 is 2.69 bits per heavy atom. The second-order valence-corrected chi connectivity index (χ2v) is 5.57. The summed E-state index contributed by atoms with van der Waals surface area (Å²) in [6, 6.07) is 1.60. The molecule has 1 aliphatic carbocycles. The van der Waals surface area contributed by atoms with Gasteiger partial charge < -0.3 is 10.2 Å². The van der Waals surface area contributed by atoms with E-state index >= 15 is 0 Å². The van der Waals surface area contributed by atoms with Crippen LogP contribution in [0.5, 0.6) is 0 Å². The van der Waals surface area contributed by atoms with Crippen molar-refractivity contribution in [2.24, 2.45) is 5.92 Å². The molecule has 0 bridgehead atoms. The largest absolute Gasteiger partial charge is 0.314 e. The van der Waals surface area contributed by atoms with Gasteiger partial charge in [0, 0.05) is 18.6 Å². The van der Waals surface area contributed by atoms with E-state index in [4.69, 9.17) is 0 Å². The highest BCUT2D eigenvalue weighted by molar-refractivity contribution is 4.86. The third kappa shape index (κ3) is 4.42.